The zero-order chi connectivity index (χ0) is 21.2. The molecular formula is C23H25BrN2O2S. The zero-order valence-corrected chi connectivity index (χ0v) is 19.7. The van der Waals surface area contributed by atoms with Gasteiger partial charge in [0.2, 0.25) is 0 Å². The third-order valence-corrected chi connectivity index (χ3v) is 5.91. The second-order valence-corrected chi connectivity index (χ2v) is 9.84. The van der Waals surface area contributed by atoms with Crippen molar-refractivity contribution in [1.29, 1.82) is 0 Å². The Hall–Kier alpha value is -2.18. The monoisotopic (exact) mass is 472 g/mol. The molecule has 0 unspecified atom stereocenters. The van der Waals surface area contributed by atoms with Crippen LogP contribution in [0.5, 0.6) is 5.75 Å². The number of ether oxygens (including phenoxy) is 1. The van der Waals surface area contributed by atoms with Crippen LogP contribution in [0, 0.1) is 13.8 Å². The number of benzene rings is 2. The zero-order valence-electron chi connectivity index (χ0n) is 17.3. The first-order valence-electron chi connectivity index (χ1n) is 9.39. The SMILES string of the molecule is Cc1ccc(-c2csc(NC(=O)COc3ccc(Br)cc3C(C)(C)C)n2)cc1C. The second-order valence-electron chi connectivity index (χ2n) is 8.06. The quantitative estimate of drug-likeness (QED) is 0.460. The molecule has 1 heterocycles. The fraction of sp³-hybridized carbons (Fsp3) is 0.304. The molecule has 4 nitrogen and oxygen atoms in total. The van der Waals surface area contributed by atoms with Crippen LogP contribution in [-0.4, -0.2) is 17.5 Å². The Balaban J connectivity index is 1.65. The highest BCUT2D eigenvalue weighted by molar-refractivity contribution is 9.10. The molecule has 0 spiro atoms. The molecule has 6 heteroatoms. The highest BCUT2D eigenvalue weighted by Crippen LogP contribution is 2.33. The predicted molar refractivity (Wildman–Crippen MR) is 124 cm³/mol. The number of aryl methyl sites for hydroxylation is 2. The van der Waals surface area contributed by atoms with Gasteiger partial charge in [-0.2, -0.15) is 0 Å². The molecule has 29 heavy (non-hydrogen) atoms. The Labute approximate surface area is 184 Å². The summed E-state index contributed by atoms with van der Waals surface area (Å²) in [7, 11) is 0. The molecule has 152 valence electrons. The number of hydrogen-bond donors (Lipinski definition) is 1. The van der Waals surface area contributed by atoms with E-state index in [0.717, 1.165) is 21.3 Å². The number of carbonyl (C=O) groups is 1. The summed E-state index contributed by atoms with van der Waals surface area (Å²) in [6, 6.07) is 12.1. The van der Waals surface area contributed by atoms with E-state index in [-0.39, 0.29) is 17.9 Å². The van der Waals surface area contributed by atoms with E-state index in [0.29, 0.717) is 10.9 Å². The van der Waals surface area contributed by atoms with Crippen molar-refractivity contribution in [3.63, 3.8) is 0 Å². The number of hydrogen-bond acceptors (Lipinski definition) is 4. The van der Waals surface area contributed by atoms with E-state index < -0.39 is 0 Å². The number of halogens is 1. The number of anilines is 1. The Bertz CT molecular complexity index is 1040. The average Bonchev–Trinajstić information content (AvgIpc) is 3.10. The number of amides is 1. The summed E-state index contributed by atoms with van der Waals surface area (Å²) < 4.78 is 6.80. The highest BCUT2D eigenvalue weighted by atomic mass is 79.9. The van der Waals surface area contributed by atoms with Crippen LogP contribution >= 0.6 is 27.3 Å². The van der Waals surface area contributed by atoms with Gasteiger partial charge in [0.05, 0.1) is 5.69 Å². The molecule has 0 saturated heterocycles. The van der Waals surface area contributed by atoms with Crippen molar-refractivity contribution in [2.45, 2.75) is 40.0 Å². The van der Waals surface area contributed by atoms with Crippen molar-refractivity contribution in [2.75, 3.05) is 11.9 Å². The Morgan fingerprint density at radius 2 is 1.90 bits per heavy atom. The first-order valence-corrected chi connectivity index (χ1v) is 11.1. The van der Waals surface area contributed by atoms with Gasteiger partial charge in [-0.3, -0.25) is 10.1 Å². The van der Waals surface area contributed by atoms with Crippen LogP contribution in [0.15, 0.2) is 46.3 Å². The molecule has 0 saturated carbocycles. The largest absolute Gasteiger partial charge is 0.483 e. The normalized spacial score (nSPS) is 11.4. The van der Waals surface area contributed by atoms with Gasteiger partial charge in [-0.05, 0) is 54.7 Å². The fourth-order valence-corrected chi connectivity index (χ4v) is 3.97. The van der Waals surface area contributed by atoms with Crippen molar-refractivity contribution in [3.8, 4) is 17.0 Å². The molecule has 1 amide bonds. The summed E-state index contributed by atoms with van der Waals surface area (Å²) in [6.07, 6.45) is 0. The smallest absolute Gasteiger partial charge is 0.264 e. The van der Waals surface area contributed by atoms with Crippen molar-refractivity contribution >= 4 is 38.3 Å². The summed E-state index contributed by atoms with van der Waals surface area (Å²) in [4.78, 5) is 16.9. The van der Waals surface area contributed by atoms with Gasteiger partial charge < -0.3 is 4.74 Å². The number of aromatic nitrogens is 1. The lowest BCUT2D eigenvalue weighted by Crippen LogP contribution is -2.22. The Morgan fingerprint density at radius 1 is 1.14 bits per heavy atom. The number of thiazole rings is 1. The van der Waals surface area contributed by atoms with Gasteiger partial charge in [0.1, 0.15) is 5.75 Å². The molecule has 0 aliphatic carbocycles. The summed E-state index contributed by atoms with van der Waals surface area (Å²) in [5.41, 5.74) is 5.33. The van der Waals surface area contributed by atoms with Gasteiger partial charge >= 0.3 is 0 Å². The van der Waals surface area contributed by atoms with E-state index in [1.807, 2.05) is 29.6 Å². The Morgan fingerprint density at radius 3 is 2.59 bits per heavy atom. The lowest BCUT2D eigenvalue weighted by Gasteiger charge is -2.23. The summed E-state index contributed by atoms with van der Waals surface area (Å²) >= 11 is 4.91. The van der Waals surface area contributed by atoms with Crippen LogP contribution in [0.4, 0.5) is 5.13 Å². The predicted octanol–water partition coefficient (Wildman–Crippen LogP) is 6.50. The average molecular weight is 473 g/mol. The van der Waals surface area contributed by atoms with Crippen molar-refractivity contribution in [3.05, 3.63) is 62.9 Å². The highest BCUT2D eigenvalue weighted by Gasteiger charge is 2.20. The summed E-state index contributed by atoms with van der Waals surface area (Å²) in [5, 5.41) is 5.35. The summed E-state index contributed by atoms with van der Waals surface area (Å²) in [6.45, 7) is 10.5. The van der Waals surface area contributed by atoms with Gasteiger partial charge in [-0.15, -0.1) is 11.3 Å². The minimum Gasteiger partial charge on any atom is -0.483 e. The third-order valence-electron chi connectivity index (χ3n) is 4.66. The van der Waals surface area contributed by atoms with E-state index >= 15 is 0 Å². The maximum absolute atomic E-state index is 12.4. The lowest BCUT2D eigenvalue weighted by atomic mass is 9.86. The molecule has 0 aliphatic heterocycles. The molecule has 3 rings (SSSR count). The number of rotatable bonds is 5. The second kappa shape index (κ2) is 8.67. The van der Waals surface area contributed by atoms with Crippen LogP contribution in [0.2, 0.25) is 0 Å². The topological polar surface area (TPSA) is 51.2 Å². The maximum atomic E-state index is 12.4. The molecule has 0 radical (unpaired) electrons. The van der Waals surface area contributed by atoms with Gasteiger partial charge in [-0.1, -0.05) is 48.8 Å². The Kier molecular flexibility index (Phi) is 6.44. The minimum atomic E-state index is -0.228. The molecule has 1 N–H and O–H groups in total. The number of nitrogens with zero attached hydrogens (tertiary/aromatic N) is 1. The van der Waals surface area contributed by atoms with Crippen LogP contribution in [-0.2, 0) is 10.2 Å². The van der Waals surface area contributed by atoms with Gasteiger partial charge in [0.25, 0.3) is 5.91 Å². The minimum absolute atomic E-state index is 0.0662. The van der Waals surface area contributed by atoms with E-state index in [2.05, 4.69) is 73.0 Å². The first kappa shape index (κ1) is 21.5. The van der Waals surface area contributed by atoms with E-state index in [1.165, 1.54) is 22.5 Å². The van der Waals surface area contributed by atoms with Gasteiger partial charge in [0.15, 0.2) is 11.7 Å². The number of nitrogens with one attached hydrogen (secondary N) is 1. The van der Waals surface area contributed by atoms with Crippen LogP contribution in [0.25, 0.3) is 11.3 Å². The van der Waals surface area contributed by atoms with Crippen molar-refractivity contribution in [2.24, 2.45) is 0 Å². The number of carbonyl (C=O) groups excluding carboxylic acids is 1. The maximum Gasteiger partial charge on any atom is 0.264 e. The third kappa shape index (κ3) is 5.46. The molecular weight excluding hydrogens is 448 g/mol. The van der Waals surface area contributed by atoms with Crippen LogP contribution < -0.4 is 10.1 Å². The molecule has 0 bridgehead atoms. The molecule has 0 fully saturated rings. The van der Waals surface area contributed by atoms with Gasteiger partial charge in [-0.25, -0.2) is 4.98 Å². The van der Waals surface area contributed by atoms with E-state index in [4.69, 9.17) is 4.74 Å². The van der Waals surface area contributed by atoms with Gasteiger partial charge in [0, 0.05) is 21.0 Å². The van der Waals surface area contributed by atoms with E-state index in [1.54, 1.807) is 0 Å². The molecule has 3 aromatic rings. The van der Waals surface area contributed by atoms with Crippen molar-refractivity contribution < 1.29 is 9.53 Å². The molecule has 1 aromatic heterocycles. The first-order chi connectivity index (χ1) is 13.6. The van der Waals surface area contributed by atoms with Crippen LogP contribution in [0.1, 0.15) is 37.5 Å². The standard InChI is InChI=1S/C23H25BrN2O2S/c1-14-6-7-16(10-15(14)2)19-13-29-22(25-19)26-21(27)12-28-20-9-8-17(24)11-18(20)23(3,4)5/h6-11,13H,12H2,1-5H3,(H,25,26,27). The lowest BCUT2D eigenvalue weighted by molar-refractivity contribution is -0.118. The fourth-order valence-electron chi connectivity index (χ4n) is 2.88. The molecule has 0 atom stereocenters. The molecule has 2 aromatic carbocycles. The molecule has 0 aliphatic rings. The summed E-state index contributed by atoms with van der Waals surface area (Å²) in [5.74, 6) is 0.486. The van der Waals surface area contributed by atoms with Crippen LogP contribution in [0.3, 0.4) is 0 Å². The van der Waals surface area contributed by atoms with E-state index in [9.17, 15) is 4.79 Å². The van der Waals surface area contributed by atoms with Crippen molar-refractivity contribution in [1.82, 2.24) is 4.98 Å².